The molecule has 2 aromatic heterocycles. The van der Waals surface area contributed by atoms with Gasteiger partial charge in [-0.1, -0.05) is 24.3 Å². The zero-order chi connectivity index (χ0) is 24.5. The van der Waals surface area contributed by atoms with Gasteiger partial charge in [0.05, 0.1) is 24.4 Å². The van der Waals surface area contributed by atoms with Crippen molar-refractivity contribution >= 4 is 33.7 Å². The van der Waals surface area contributed by atoms with E-state index in [1.54, 1.807) is 11.3 Å². The highest BCUT2D eigenvalue weighted by Crippen LogP contribution is 2.34. The number of H-pyrrole nitrogens is 1. The predicted octanol–water partition coefficient (Wildman–Crippen LogP) is 5.47. The number of aromatic amines is 1. The third-order valence-electron chi connectivity index (χ3n) is 7.58. The summed E-state index contributed by atoms with van der Waals surface area (Å²) < 4.78 is 5.48. The number of rotatable bonds is 7. The van der Waals surface area contributed by atoms with Crippen LogP contribution >= 0.6 is 11.3 Å². The van der Waals surface area contributed by atoms with Crippen LogP contribution in [0.25, 0.3) is 22.2 Å². The number of Topliss-reactive ketones (excluding diaryl/α,β-unsaturated/α-hetero) is 1. The number of ketones is 1. The smallest absolute Gasteiger partial charge is 0.159 e. The number of hydrogen-bond donors (Lipinski definition) is 1. The molecule has 0 radical (unpaired) electrons. The average Bonchev–Trinajstić information content (AvgIpc) is 3.67. The maximum atomic E-state index is 13.7. The van der Waals surface area contributed by atoms with Gasteiger partial charge in [0.1, 0.15) is 6.04 Å². The van der Waals surface area contributed by atoms with Crippen molar-refractivity contribution in [2.24, 2.45) is 0 Å². The van der Waals surface area contributed by atoms with Gasteiger partial charge in [-0.3, -0.25) is 14.8 Å². The van der Waals surface area contributed by atoms with Crippen LogP contribution in [-0.4, -0.2) is 59.8 Å². The van der Waals surface area contributed by atoms with Gasteiger partial charge in [-0.15, -0.1) is 11.3 Å². The lowest BCUT2D eigenvalue weighted by Crippen LogP contribution is -2.36. The van der Waals surface area contributed by atoms with Crippen LogP contribution in [0.5, 0.6) is 0 Å². The zero-order valence-corrected chi connectivity index (χ0v) is 21.5. The standard InChI is InChI=1S/C29H32N4O2S/c1-20-4-2-12-33(20)29(27-5-3-17-36-27)26(34)19-21-6-11-25-24(18-21)28(31-30-25)22-7-9-23(10-8-22)32-13-15-35-16-14-32/h3,5-11,17-18,20,29H,2,4,12-16,19H2,1H3,(H,30,31)/t20-,29+/m0/s1. The van der Waals surface area contributed by atoms with E-state index in [1.165, 1.54) is 5.69 Å². The Labute approximate surface area is 215 Å². The first-order valence-electron chi connectivity index (χ1n) is 12.9. The molecule has 4 aromatic rings. The minimum Gasteiger partial charge on any atom is -0.378 e. The topological polar surface area (TPSA) is 61.5 Å². The summed E-state index contributed by atoms with van der Waals surface area (Å²) in [7, 11) is 0. The fraction of sp³-hybridized carbons (Fsp3) is 0.379. The van der Waals surface area contributed by atoms with Gasteiger partial charge in [-0.2, -0.15) is 5.10 Å². The second-order valence-electron chi connectivity index (χ2n) is 9.89. The van der Waals surface area contributed by atoms with Gasteiger partial charge >= 0.3 is 0 Å². The molecule has 6 nitrogen and oxygen atoms in total. The molecule has 0 bridgehead atoms. The molecular weight excluding hydrogens is 468 g/mol. The second kappa shape index (κ2) is 10.2. The first-order chi connectivity index (χ1) is 17.7. The van der Waals surface area contributed by atoms with Gasteiger partial charge in [-0.25, -0.2) is 0 Å². The summed E-state index contributed by atoms with van der Waals surface area (Å²) in [5, 5.41) is 10.9. The minimum absolute atomic E-state index is 0.158. The molecule has 1 N–H and O–H groups in total. The number of thiophene rings is 1. The number of hydrogen-bond acceptors (Lipinski definition) is 6. The quantitative estimate of drug-likeness (QED) is 0.365. The summed E-state index contributed by atoms with van der Waals surface area (Å²) in [6.07, 6.45) is 2.73. The summed E-state index contributed by atoms with van der Waals surface area (Å²) in [6, 6.07) is 19.3. The summed E-state index contributed by atoms with van der Waals surface area (Å²) in [5.74, 6) is 0.269. The lowest BCUT2D eigenvalue weighted by Gasteiger charge is -2.29. The van der Waals surface area contributed by atoms with Crippen molar-refractivity contribution in [2.75, 3.05) is 37.7 Å². The predicted molar refractivity (Wildman–Crippen MR) is 146 cm³/mol. The van der Waals surface area contributed by atoms with Crippen LogP contribution in [0, 0.1) is 0 Å². The second-order valence-corrected chi connectivity index (χ2v) is 10.9. The molecule has 0 amide bonds. The van der Waals surface area contributed by atoms with E-state index in [-0.39, 0.29) is 11.8 Å². The third kappa shape index (κ3) is 4.59. The van der Waals surface area contributed by atoms with Crippen molar-refractivity contribution in [3.05, 3.63) is 70.4 Å². The van der Waals surface area contributed by atoms with E-state index in [9.17, 15) is 4.79 Å². The largest absolute Gasteiger partial charge is 0.378 e. The molecule has 6 rings (SSSR count). The Bertz CT molecular complexity index is 1330. The van der Waals surface area contributed by atoms with Crippen molar-refractivity contribution in [3.63, 3.8) is 0 Å². The molecule has 2 aliphatic rings. The maximum absolute atomic E-state index is 13.7. The highest BCUT2D eigenvalue weighted by molar-refractivity contribution is 7.10. The minimum atomic E-state index is -0.158. The van der Waals surface area contributed by atoms with Crippen molar-refractivity contribution in [1.29, 1.82) is 0 Å². The van der Waals surface area contributed by atoms with Gasteiger partial charge in [0.2, 0.25) is 0 Å². The number of fused-ring (bicyclic) bond motifs is 1. The Kier molecular flexibility index (Phi) is 6.61. The van der Waals surface area contributed by atoms with E-state index in [0.717, 1.165) is 78.3 Å². The fourth-order valence-corrected chi connectivity index (χ4v) is 6.50. The summed E-state index contributed by atoms with van der Waals surface area (Å²) in [4.78, 5) is 19.6. The molecule has 36 heavy (non-hydrogen) atoms. The number of carbonyl (C=O) groups excluding carboxylic acids is 1. The SMILES string of the molecule is C[C@H]1CCCN1[C@H](C(=O)Cc1ccc2[nH]nc(-c3ccc(N4CCOCC4)cc3)c2c1)c1cccs1. The molecule has 2 atom stereocenters. The van der Waals surface area contributed by atoms with E-state index in [2.05, 4.69) is 86.9 Å². The summed E-state index contributed by atoms with van der Waals surface area (Å²) in [6.45, 7) is 6.62. The van der Waals surface area contributed by atoms with E-state index in [0.29, 0.717) is 12.5 Å². The first kappa shape index (κ1) is 23.4. The zero-order valence-electron chi connectivity index (χ0n) is 20.7. The summed E-state index contributed by atoms with van der Waals surface area (Å²) >= 11 is 1.69. The molecule has 0 aliphatic carbocycles. The number of benzene rings is 2. The first-order valence-corrected chi connectivity index (χ1v) is 13.8. The maximum Gasteiger partial charge on any atom is 0.159 e. The average molecular weight is 501 g/mol. The van der Waals surface area contributed by atoms with Crippen molar-refractivity contribution in [3.8, 4) is 11.3 Å². The molecule has 0 saturated carbocycles. The number of aromatic nitrogens is 2. The van der Waals surface area contributed by atoms with Crippen LogP contribution < -0.4 is 4.90 Å². The van der Waals surface area contributed by atoms with E-state index >= 15 is 0 Å². The Morgan fingerprint density at radius 3 is 2.69 bits per heavy atom. The number of nitrogens with one attached hydrogen (secondary N) is 1. The lowest BCUT2D eigenvalue weighted by molar-refractivity contribution is -0.124. The van der Waals surface area contributed by atoms with Crippen LogP contribution in [0.15, 0.2) is 60.0 Å². The van der Waals surface area contributed by atoms with Gasteiger partial charge in [0, 0.05) is 47.1 Å². The van der Waals surface area contributed by atoms with E-state index in [4.69, 9.17) is 4.74 Å². The number of carbonyl (C=O) groups is 1. The number of nitrogens with zero attached hydrogens (tertiary/aromatic N) is 3. The molecular formula is C29H32N4O2S. The number of likely N-dealkylation sites (tertiary alicyclic amines) is 1. The molecule has 186 valence electrons. The molecule has 2 aromatic carbocycles. The Morgan fingerprint density at radius 1 is 1.14 bits per heavy atom. The fourth-order valence-electron chi connectivity index (χ4n) is 5.63. The van der Waals surface area contributed by atoms with Crippen molar-refractivity contribution in [2.45, 2.75) is 38.3 Å². The molecule has 4 heterocycles. The van der Waals surface area contributed by atoms with Crippen LogP contribution in [0.4, 0.5) is 5.69 Å². The van der Waals surface area contributed by atoms with Gasteiger partial charge < -0.3 is 9.64 Å². The van der Waals surface area contributed by atoms with E-state index in [1.807, 2.05) is 0 Å². The number of ether oxygens (including phenoxy) is 1. The Hall–Kier alpha value is -3.00. The van der Waals surface area contributed by atoms with Crippen LogP contribution in [0.3, 0.4) is 0 Å². The van der Waals surface area contributed by atoms with E-state index < -0.39 is 0 Å². The third-order valence-corrected chi connectivity index (χ3v) is 8.50. The Morgan fingerprint density at radius 2 is 1.97 bits per heavy atom. The Balaban J connectivity index is 1.25. The van der Waals surface area contributed by atoms with Crippen molar-refractivity contribution in [1.82, 2.24) is 15.1 Å². The normalized spacial score (nSPS) is 19.7. The monoisotopic (exact) mass is 500 g/mol. The van der Waals surface area contributed by atoms with Crippen LogP contribution in [0.1, 0.15) is 36.2 Å². The van der Waals surface area contributed by atoms with Gasteiger partial charge in [0.15, 0.2) is 5.78 Å². The van der Waals surface area contributed by atoms with Crippen LogP contribution in [-0.2, 0) is 16.0 Å². The number of morpholine rings is 1. The molecule has 2 aliphatic heterocycles. The molecule has 2 fully saturated rings. The lowest BCUT2D eigenvalue weighted by atomic mass is 9.98. The highest BCUT2D eigenvalue weighted by atomic mass is 32.1. The summed E-state index contributed by atoms with van der Waals surface area (Å²) in [5.41, 5.74) is 5.23. The van der Waals surface area contributed by atoms with Crippen LogP contribution in [0.2, 0.25) is 0 Å². The highest BCUT2D eigenvalue weighted by Gasteiger charge is 2.34. The molecule has 0 spiro atoms. The molecule has 7 heteroatoms. The molecule has 0 unspecified atom stereocenters. The van der Waals surface area contributed by atoms with Crippen molar-refractivity contribution < 1.29 is 9.53 Å². The van der Waals surface area contributed by atoms with Gasteiger partial charge in [-0.05, 0) is 67.6 Å². The number of anilines is 1. The van der Waals surface area contributed by atoms with Gasteiger partial charge in [0.25, 0.3) is 0 Å². The molecule has 2 saturated heterocycles.